The molecule has 1 aromatic heterocycles. The molecular weight excluding hydrogens is 276 g/mol. The predicted octanol–water partition coefficient (Wildman–Crippen LogP) is 0.748. The summed E-state index contributed by atoms with van der Waals surface area (Å²) in [5.74, 6) is 0.316. The number of hydrogen-bond donors (Lipinski definition) is 1. The molecule has 1 aliphatic rings. The number of likely N-dealkylation sites (tertiary alicyclic amines) is 1. The van der Waals surface area contributed by atoms with E-state index >= 15 is 0 Å². The van der Waals surface area contributed by atoms with E-state index in [4.69, 9.17) is 0 Å². The van der Waals surface area contributed by atoms with E-state index in [0.29, 0.717) is 28.7 Å². The summed E-state index contributed by atoms with van der Waals surface area (Å²) in [6.07, 6.45) is 0. The van der Waals surface area contributed by atoms with Crippen molar-refractivity contribution in [2.24, 2.45) is 5.92 Å². The summed E-state index contributed by atoms with van der Waals surface area (Å²) >= 11 is 0. The number of rotatable bonds is 4. The molecule has 2 rings (SSSR count). The molecule has 2 heterocycles. The van der Waals surface area contributed by atoms with Gasteiger partial charge in [-0.05, 0) is 33.7 Å². The van der Waals surface area contributed by atoms with Crippen LogP contribution in [0.5, 0.6) is 0 Å². The number of aromatic nitrogens is 2. The third-order valence-corrected chi connectivity index (χ3v) is 5.73. The molecule has 0 amide bonds. The van der Waals surface area contributed by atoms with Gasteiger partial charge in [-0.1, -0.05) is 6.92 Å². The number of nitrogens with one attached hydrogen (secondary N) is 1. The average molecular weight is 300 g/mol. The summed E-state index contributed by atoms with van der Waals surface area (Å²) in [5.41, 5.74) is 1.27. The molecule has 1 saturated heterocycles. The second-order valence-corrected chi connectivity index (χ2v) is 7.39. The minimum absolute atomic E-state index is 0.0335. The zero-order valence-corrected chi connectivity index (χ0v) is 13.7. The van der Waals surface area contributed by atoms with Crippen molar-refractivity contribution in [1.82, 2.24) is 19.4 Å². The van der Waals surface area contributed by atoms with E-state index in [1.807, 2.05) is 20.9 Å². The Hall–Kier alpha value is -0.920. The van der Waals surface area contributed by atoms with Gasteiger partial charge in [0.25, 0.3) is 0 Å². The Morgan fingerprint density at radius 3 is 2.45 bits per heavy atom. The lowest BCUT2D eigenvalue weighted by molar-refractivity contribution is 0.400. The van der Waals surface area contributed by atoms with Crippen LogP contribution in [0.2, 0.25) is 0 Å². The minimum Gasteiger partial charge on any atom is -0.304 e. The molecular formula is C13H24N4O2S. The summed E-state index contributed by atoms with van der Waals surface area (Å²) in [5, 5.41) is 4.29. The second kappa shape index (κ2) is 5.46. The highest BCUT2D eigenvalue weighted by atomic mass is 32.2. The molecule has 0 aliphatic carbocycles. The molecule has 0 aromatic carbocycles. The lowest BCUT2D eigenvalue weighted by Crippen LogP contribution is -2.39. The maximum atomic E-state index is 12.6. The van der Waals surface area contributed by atoms with E-state index < -0.39 is 10.0 Å². The first-order valence-electron chi connectivity index (χ1n) is 7.01. The van der Waals surface area contributed by atoms with Gasteiger partial charge in [-0.25, -0.2) is 13.1 Å². The van der Waals surface area contributed by atoms with Crippen LogP contribution in [-0.2, 0) is 16.6 Å². The van der Waals surface area contributed by atoms with Crippen molar-refractivity contribution in [2.75, 3.05) is 20.1 Å². The molecule has 0 radical (unpaired) electrons. The SMILES string of the molecule is CCn1nc(C)c(S(=O)(=O)N[C@H]2CN(C)C[C@@H]2C)c1C. The summed E-state index contributed by atoms with van der Waals surface area (Å²) < 4.78 is 29.8. The Morgan fingerprint density at radius 2 is 2.00 bits per heavy atom. The van der Waals surface area contributed by atoms with Crippen molar-refractivity contribution in [3.05, 3.63) is 11.4 Å². The molecule has 0 saturated carbocycles. The minimum atomic E-state index is -3.51. The van der Waals surface area contributed by atoms with E-state index in [0.717, 1.165) is 13.1 Å². The van der Waals surface area contributed by atoms with Crippen LogP contribution in [0, 0.1) is 19.8 Å². The lowest BCUT2D eigenvalue weighted by Gasteiger charge is -2.16. The van der Waals surface area contributed by atoms with Gasteiger partial charge in [0.1, 0.15) is 4.90 Å². The highest BCUT2D eigenvalue weighted by Crippen LogP contribution is 2.22. The van der Waals surface area contributed by atoms with Crippen molar-refractivity contribution in [3.8, 4) is 0 Å². The van der Waals surface area contributed by atoms with E-state index in [9.17, 15) is 8.42 Å². The van der Waals surface area contributed by atoms with Gasteiger partial charge in [0.05, 0.1) is 11.4 Å². The molecule has 7 heteroatoms. The number of likely N-dealkylation sites (N-methyl/N-ethyl adjacent to an activating group) is 1. The lowest BCUT2D eigenvalue weighted by atomic mass is 10.1. The van der Waals surface area contributed by atoms with Crippen molar-refractivity contribution in [1.29, 1.82) is 0 Å². The first kappa shape index (κ1) is 15.5. The van der Waals surface area contributed by atoms with E-state index in [2.05, 4.69) is 21.6 Å². The number of hydrogen-bond acceptors (Lipinski definition) is 4. The van der Waals surface area contributed by atoms with Gasteiger partial charge in [-0.2, -0.15) is 5.10 Å². The Balaban J connectivity index is 2.29. The molecule has 0 unspecified atom stereocenters. The molecule has 0 bridgehead atoms. The first-order chi connectivity index (χ1) is 9.26. The quantitative estimate of drug-likeness (QED) is 0.891. The third-order valence-electron chi connectivity index (χ3n) is 3.98. The van der Waals surface area contributed by atoms with E-state index in [-0.39, 0.29) is 6.04 Å². The van der Waals surface area contributed by atoms with Gasteiger partial charge in [0.2, 0.25) is 10.0 Å². The van der Waals surface area contributed by atoms with Crippen LogP contribution in [0.3, 0.4) is 0 Å². The molecule has 1 fully saturated rings. The second-order valence-electron chi connectivity index (χ2n) is 5.74. The van der Waals surface area contributed by atoms with Crippen LogP contribution < -0.4 is 4.72 Å². The average Bonchev–Trinajstić information content (AvgIpc) is 2.78. The monoisotopic (exact) mass is 300 g/mol. The number of sulfonamides is 1. The van der Waals surface area contributed by atoms with Crippen LogP contribution in [0.1, 0.15) is 25.2 Å². The smallest absolute Gasteiger partial charge is 0.244 e. The van der Waals surface area contributed by atoms with Crippen molar-refractivity contribution >= 4 is 10.0 Å². The van der Waals surface area contributed by atoms with Gasteiger partial charge < -0.3 is 4.90 Å². The fourth-order valence-corrected chi connectivity index (χ4v) is 4.75. The highest BCUT2D eigenvalue weighted by molar-refractivity contribution is 7.89. The molecule has 2 atom stereocenters. The Bertz CT molecular complexity index is 594. The molecule has 0 spiro atoms. The normalized spacial score (nSPS) is 24.4. The number of aryl methyl sites for hydroxylation is 2. The maximum Gasteiger partial charge on any atom is 0.244 e. The van der Waals surface area contributed by atoms with E-state index in [1.165, 1.54) is 0 Å². The third kappa shape index (κ3) is 2.75. The van der Waals surface area contributed by atoms with E-state index in [1.54, 1.807) is 11.6 Å². The van der Waals surface area contributed by atoms with Crippen LogP contribution in [0.4, 0.5) is 0 Å². The molecule has 6 nitrogen and oxygen atoms in total. The summed E-state index contributed by atoms with van der Waals surface area (Å²) in [6.45, 7) is 9.92. The van der Waals surface area contributed by atoms with Crippen LogP contribution in [0.15, 0.2) is 4.90 Å². The highest BCUT2D eigenvalue weighted by Gasteiger charge is 2.33. The first-order valence-corrected chi connectivity index (χ1v) is 8.49. The summed E-state index contributed by atoms with van der Waals surface area (Å²) in [6, 6.07) is -0.0335. The molecule has 114 valence electrons. The Kier molecular flexibility index (Phi) is 4.22. The standard InChI is InChI=1S/C13H24N4O2S/c1-6-17-11(4)13(10(3)14-17)20(18,19)15-12-8-16(5)7-9(12)2/h9,12,15H,6-8H2,1-5H3/t9-,12-/m0/s1. The van der Waals surface area contributed by atoms with Gasteiger partial charge in [-0.15, -0.1) is 0 Å². The van der Waals surface area contributed by atoms with Gasteiger partial charge >= 0.3 is 0 Å². The van der Waals surface area contributed by atoms with Crippen LogP contribution in [0.25, 0.3) is 0 Å². The summed E-state index contributed by atoms with van der Waals surface area (Å²) in [4.78, 5) is 2.48. The fourth-order valence-electron chi connectivity index (χ4n) is 3.00. The zero-order valence-electron chi connectivity index (χ0n) is 12.8. The zero-order chi connectivity index (χ0) is 15.1. The predicted molar refractivity (Wildman–Crippen MR) is 78.1 cm³/mol. The molecule has 1 N–H and O–H groups in total. The van der Waals surface area contributed by atoms with Crippen LogP contribution in [-0.4, -0.2) is 49.3 Å². The van der Waals surface area contributed by atoms with Crippen molar-refractivity contribution < 1.29 is 8.42 Å². The fraction of sp³-hybridized carbons (Fsp3) is 0.769. The van der Waals surface area contributed by atoms with Crippen molar-refractivity contribution in [2.45, 2.75) is 45.2 Å². The molecule has 1 aliphatic heterocycles. The maximum absolute atomic E-state index is 12.6. The van der Waals surface area contributed by atoms with Gasteiger partial charge in [0, 0.05) is 25.7 Å². The Morgan fingerprint density at radius 1 is 1.35 bits per heavy atom. The number of nitrogens with zero attached hydrogens (tertiary/aromatic N) is 3. The summed E-state index contributed by atoms with van der Waals surface area (Å²) in [7, 11) is -1.50. The molecule has 1 aromatic rings. The van der Waals surface area contributed by atoms with Crippen molar-refractivity contribution in [3.63, 3.8) is 0 Å². The van der Waals surface area contributed by atoms with Gasteiger partial charge in [-0.3, -0.25) is 4.68 Å². The molecule has 20 heavy (non-hydrogen) atoms. The largest absolute Gasteiger partial charge is 0.304 e. The van der Waals surface area contributed by atoms with Gasteiger partial charge in [0.15, 0.2) is 0 Å². The Labute approximate surface area is 121 Å². The topological polar surface area (TPSA) is 67.2 Å². The van der Waals surface area contributed by atoms with Crippen LogP contribution >= 0.6 is 0 Å².